The number of non-ortho nitro benzene ring substituents is 1. The molecule has 0 aromatic heterocycles. The van der Waals surface area contributed by atoms with Crippen molar-refractivity contribution >= 4 is 15.7 Å². The highest BCUT2D eigenvalue weighted by Crippen LogP contribution is 2.22. The second-order valence-corrected chi connectivity index (χ2v) is 8.29. The molecule has 1 heterocycles. The van der Waals surface area contributed by atoms with E-state index in [1.807, 2.05) is 0 Å². The summed E-state index contributed by atoms with van der Waals surface area (Å²) in [5.41, 5.74) is 0.283. The molecular weight excluding hydrogens is 342 g/mol. The van der Waals surface area contributed by atoms with Crippen LogP contribution in [-0.4, -0.2) is 43.9 Å². The number of nitro groups is 1. The lowest BCUT2D eigenvalue weighted by atomic mass is 10.00. The van der Waals surface area contributed by atoms with Gasteiger partial charge in [0.15, 0.2) is 0 Å². The van der Waals surface area contributed by atoms with Crippen LogP contribution in [0.2, 0.25) is 0 Å². The van der Waals surface area contributed by atoms with Crippen LogP contribution in [0.4, 0.5) is 5.69 Å². The second-order valence-electron chi connectivity index (χ2n) is 6.55. The number of nitrogens with one attached hydrogen (secondary N) is 1. The van der Waals surface area contributed by atoms with Crippen LogP contribution >= 0.6 is 0 Å². The van der Waals surface area contributed by atoms with Crippen LogP contribution < -0.4 is 4.72 Å². The van der Waals surface area contributed by atoms with Crippen LogP contribution in [0.1, 0.15) is 44.6 Å². The monoisotopic (exact) mass is 369 g/mol. The first-order valence-corrected chi connectivity index (χ1v) is 10.3. The van der Waals surface area contributed by atoms with E-state index in [0.717, 1.165) is 32.0 Å². The first-order chi connectivity index (χ1) is 11.8. The summed E-state index contributed by atoms with van der Waals surface area (Å²) < 4.78 is 27.5. The lowest BCUT2D eigenvalue weighted by Gasteiger charge is -2.35. The zero-order chi connectivity index (χ0) is 18.4. The number of rotatable bonds is 8. The number of nitro benzene ring substituents is 1. The number of piperidine rings is 1. The zero-order valence-corrected chi connectivity index (χ0v) is 15.7. The second kappa shape index (κ2) is 8.73. The number of likely N-dealkylation sites (tertiary alicyclic amines) is 1. The molecule has 0 aliphatic carbocycles. The molecule has 0 saturated carbocycles. The van der Waals surface area contributed by atoms with E-state index in [4.69, 9.17) is 0 Å². The number of aryl methyl sites for hydroxylation is 1. The minimum absolute atomic E-state index is 0.0221. The normalized spacial score (nSPS) is 19.0. The highest BCUT2D eigenvalue weighted by atomic mass is 32.2. The Labute approximate surface area is 149 Å². The Morgan fingerprint density at radius 2 is 2.12 bits per heavy atom. The van der Waals surface area contributed by atoms with Gasteiger partial charge in [0.2, 0.25) is 10.0 Å². The Morgan fingerprint density at radius 1 is 1.36 bits per heavy atom. The predicted octanol–water partition coefficient (Wildman–Crippen LogP) is 2.84. The topological polar surface area (TPSA) is 92.6 Å². The average Bonchev–Trinajstić information content (AvgIpc) is 2.59. The van der Waals surface area contributed by atoms with Gasteiger partial charge in [-0.1, -0.05) is 19.4 Å². The van der Waals surface area contributed by atoms with E-state index in [1.54, 1.807) is 6.92 Å². The molecule has 8 heteroatoms. The Kier molecular flexibility index (Phi) is 6.92. The fourth-order valence-corrected chi connectivity index (χ4v) is 4.71. The Morgan fingerprint density at radius 3 is 2.80 bits per heavy atom. The van der Waals surface area contributed by atoms with E-state index in [9.17, 15) is 18.5 Å². The lowest BCUT2D eigenvalue weighted by Crippen LogP contribution is -2.40. The molecule has 1 aromatic rings. The van der Waals surface area contributed by atoms with Crippen LogP contribution in [-0.2, 0) is 10.0 Å². The van der Waals surface area contributed by atoms with Crippen LogP contribution in [0.3, 0.4) is 0 Å². The summed E-state index contributed by atoms with van der Waals surface area (Å²) in [6, 6.07) is 4.50. The molecule has 0 unspecified atom stereocenters. The van der Waals surface area contributed by atoms with Crippen LogP contribution in [0.5, 0.6) is 0 Å². The summed E-state index contributed by atoms with van der Waals surface area (Å²) in [6.07, 6.45) is 5.54. The standard InChI is InChI=1S/C17H27N3O4S/c1-3-15-7-4-5-11-19(15)12-6-10-18-25(23,24)17-13-16(20(21)22)9-8-14(17)2/h8-9,13,15,18H,3-7,10-12H2,1-2H3/t15-/m1/s1. The summed E-state index contributed by atoms with van der Waals surface area (Å²) in [6.45, 7) is 6.11. The maximum Gasteiger partial charge on any atom is 0.270 e. The highest BCUT2D eigenvalue weighted by Gasteiger charge is 2.22. The molecule has 1 N–H and O–H groups in total. The molecule has 1 atom stereocenters. The third-order valence-electron chi connectivity index (χ3n) is 4.81. The first-order valence-electron chi connectivity index (χ1n) is 8.84. The van der Waals surface area contributed by atoms with Gasteiger partial charge in [-0.15, -0.1) is 0 Å². The molecule has 1 aliphatic heterocycles. The van der Waals surface area contributed by atoms with E-state index in [-0.39, 0.29) is 10.6 Å². The molecule has 25 heavy (non-hydrogen) atoms. The third kappa shape index (κ3) is 5.23. The largest absolute Gasteiger partial charge is 0.300 e. The SMILES string of the molecule is CC[C@@H]1CCCCN1CCCNS(=O)(=O)c1cc([N+](=O)[O-])ccc1C. The third-order valence-corrected chi connectivity index (χ3v) is 6.41. The van der Waals surface area contributed by atoms with Gasteiger partial charge in [0.05, 0.1) is 9.82 Å². The van der Waals surface area contributed by atoms with Gasteiger partial charge in [-0.25, -0.2) is 13.1 Å². The number of sulfonamides is 1. The van der Waals surface area contributed by atoms with Gasteiger partial charge in [0.25, 0.3) is 5.69 Å². The van der Waals surface area contributed by atoms with Crippen LogP contribution in [0.15, 0.2) is 23.1 Å². The van der Waals surface area contributed by atoms with Gasteiger partial charge in [-0.2, -0.15) is 0 Å². The summed E-state index contributed by atoms with van der Waals surface area (Å²) in [4.78, 5) is 12.7. The molecule has 0 amide bonds. The number of hydrogen-bond donors (Lipinski definition) is 1. The van der Waals surface area contributed by atoms with E-state index < -0.39 is 14.9 Å². The van der Waals surface area contributed by atoms with Crippen LogP contribution in [0.25, 0.3) is 0 Å². The summed E-state index contributed by atoms with van der Waals surface area (Å²) in [5.74, 6) is 0. The molecule has 1 aliphatic rings. The molecule has 1 saturated heterocycles. The molecule has 140 valence electrons. The predicted molar refractivity (Wildman–Crippen MR) is 97.1 cm³/mol. The fourth-order valence-electron chi connectivity index (χ4n) is 3.37. The molecule has 1 aromatic carbocycles. The van der Waals surface area contributed by atoms with Crippen molar-refractivity contribution < 1.29 is 13.3 Å². The number of hydrogen-bond acceptors (Lipinski definition) is 5. The Bertz CT molecular complexity index is 706. The van der Waals surface area contributed by atoms with Crippen molar-refractivity contribution in [2.24, 2.45) is 0 Å². The van der Waals surface area contributed by atoms with Gasteiger partial charge >= 0.3 is 0 Å². The fraction of sp³-hybridized carbons (Fsp3) is 0.647. The smallest absolute Gasteiger partial charge is 0.270 e. The molecule has 0 spiro atoms. The van der Waals surface area contributed by atoms with E-state index in [0.29, 0.717) is 18.2 Å². The van der Waals surface area contributed by atoms with E-state index in [2.05, 4.69) is 16.5 Å². The summed E-state index contributed by atoms with van der Waals surface area (Å²) >= 11 is 0. The maximum atomic E-state index is 12.5. The van der Waals surface area contributed by atoms with Crippen molar-refractivity contribution in [1.29, 1.82) is 0 Å². The maximum absolute atomic E-state index is 12.5. The van der Waals surface area contributed by atoms with Crippen molar-refractivity contribution in [2.75, 3.05) is 19.6 Å². The first kappa shape index (κ1) is 19.8. The molecule has 1 fully saturated rings. The van der Waals surface area contributed by atoms with Crippen molar-refractivity contribution in [3.8, 4) is 0 Å². The van der Waals surface area contributed by atoms with Gasteiger partial charge in [-0.05, 0) is 51.3 Å². The Hall–Kier alpha value is -1.51. The number of benzene rings is 1. The van der Waals surface area contributed by atoms with Gasteiger partial charge in [0.1, 0.15) is 0 Å². The Balaban J connectivity index is 1.93. The van der Waals surface area contributed by atoms with Crippen molar-refractivity contribution in [3.05, 3.63) is 33.9 Å². The molecule has 0 radical (unpaired) electrons. The quantitative estimate of drug-likeness (QED) is 0.432. The molecular formula is C17H27N3O4S. The molecule has 7 nitrogen and oxygen atoms in total. The van der Waals surface area contributed by atoms with Crippen molar-refractivity contribution in [1.82, 2.24) is 9.62 Å². The minimum Gasteiger partial charge on any atom is -0.300 e. The highest BCUT2D eigenvalue weighted by molar-refractivity contribution is 7.89. The van der Waals surface area contributed by atoms with Gasteiger partial charge in [-0.3, -0.25) is 10.1 Å². The average molecular weight is 369 g/mol. The van der Waals surface area contributed by atoms with E-state index in [1.165, 1.54) is 31.4 Å². The summed E-state index contributed by atoms with van der Waals surface area (Å²) in [7, 11) is -3.74. The zero-order valence-electron chi connectivity index (χ0n) is 14.9. The summed E-state index contributed by atoms with van der Waals surface area (Å²) in [5, 5.41) is 10.9. The van der Waals surface area contributed by atoms with E-state index >= 15 is 0 Å². The molecule has 0 bridgehead atoms. The lowest BCUT2D eigenvalue weighted by molar-refractivity contribution is -0.385. The number of nitrogens with zero attached hydrogens (tertiary/aromatic N) is 2. The minimum atomic E-state index is -3.74. The van der Waals surface area contributed by atoms with Crippen molar-refractivity contribution in [2.45, 2.75) is 56.9 Å². The van der Waals surface area contributed by atoms with Crippen LogP contribution in [0, 0.1) is 17.0 Å². The van der Waals surface area contributed by atoms with Crippen molar-refractivity contribution in [3.63, 3.8) is 0 Å². The van der Waals surface area contributed by atoms with Gasteiger partial charge in [0, 0.05) is 24.7 Å². The molecule has 2 rings (SSSR count). The van der Waals surface area contributed by atoms with Gasteiger partial charge < -0.3 is 4.90 Å².